The molecule has 21 heavy (non-hydrogen) atoms. The molecule has 0 bridgehead atoms. The first-order valence-corrected chi connectivity index (χ1v) is 8.14. The maximum absolute atomic E-state index is 13.7. The second kappa shape index (κ2) is 7.37. The molecule has 0 spiro atoms. The van der Waals surface area contributed by atoms with E-state index in [2.05, 4.69) is 10.6 Å². The number of amides is 1. The van der Waals surface area contributed by atoms with Crippen LogP contribution in [0.15, 0.2) is 23.1 Å². The molecule has 0 aliphatic carbocycles. The number of sulfonamides is 1. The first-order valence-electron chi connectivity index (χ1n) is 6.59. The van der Waals surface area contributed by atoms with Crippen LogP contribution >= 0.6 is 0 Å². The third-order valence-corrected chi connectivity index (χ3v) is 3.87. The first kappa shape index (κ1) is 17.4. The molecule has 0 aliphatic heterocycles. The van der Waals surface area contributed by atoms with Crippen LogP contribution in [0.1, 0.15) is 26.7 Å². The average Bonchev–Trinajstić information content (AvgIpc) is 2.39. The zero-order valence-electron chi connectivity index (χ0n) is 12.0. The number of carbonyl (C=O) groups is 1. The number of halogens is 1. The summed E-state index contributed by atoms with van der Waals surface area (Å²) in [5.41, 5.74) is 0.124. The Hall–Kier alpha value is -1.67. The first-order chi connectivity index (χ1) is 9.74. The van der Waals surface area contributed by atoms with Crippen LogP contribution in [0.2, 0.25) is 0 Å². The van der Waals surface area contributed by atoms with Gasteiger partial charge in [0.15, 0.2) is 0 Å². The zero-order valence-corrected chi connectivity index (χ0v) is 12.8. The van der Waals surface area contributed by atoms with E-state index >= 15 is 0 Å². The summed E-state index contributed by atoms with van der Waals surface area (Å²) in [4.78, 5) is 11.2. The average molecular weight is 317 g/mol. The fraction of sp³-hybridized carbons (Fsp3) is 0.462. The second-order valence-electron chi connectivity index (χ2n) is 4.74. The van der Waals surface area contributed by atoms with Gasteiger partial charge in [-0.3, -0.25) is 4.79 Å². The number of anilines is 1. The quantitative estimate of drug-likeness (QED) is 0.703. The third-order valence-electron chi connectivity index (χ3n) is 2.96. The van der Waals surface area contributed by atoms with Crippen LogP contribution in [0.4, 0.5) is 10.1 Å². The molecule has 1 amide bonds. The lowest BCUT2D eigenvalue weighted by Gasteiger charge is -2.12. The molecule has 1 atom stereocenters. The van der Waals surface area contributed by atoms with Crippen molar-refractivity contribution in [3.63, 3.8) is 0 Å². The lowest BCUT2D eigenvalue weighted by Crippen LogP contribution is -2.33. The van der Waals surface area contributed by atoms with Gasteiger partial charge in [-0.05, 0) is 31.5 Å². The highest BCUT2D eigenvalue weighted by Crippen LogP contribution is 2.18. The number of rotatable bonds is 7. The minimum Gasteiger partial charge on any atom is -0.382 e. The second-order valence-corrected chi connectivity index (χ2v) is 6.30. The molecule has 1 aromatic rings. The van der Waals surface area contributed by atoms with E-state index in [1.54, 1.807) is 0 Å². The molecule has 1 rings (SSSR count). The number of primary sulfonamides is 1. The Kier molecular flexibility index (Phi) is 6.10. The Morgan fingerprint density at radius 1 is 1.43 bits per heavy atom. The van der Waals surface area contributed by atoms with Crippen LogP contribution in [-0.2, 0) is 14.8 Å². The minimum absolute atomic E-state index is 0.100. The minimum atomic E-state index is -3.92. The summed E-state index contributed by atoms with van der Waals surface area (Å²) in [6.45, 7) is 4.11. The molecule has 1 unspecified atom stereocenters. The van der Waals surface area contributed by atoms with Gasteiger partial charge in [0.05, 0.1) is 10.6 Å². The van der Waals surface area contributed by atoms with E-state index in [4.69, 9.17) is 5.14 Å². The van der Waals surface area contributed by atoms with E-state index in [1.807, 2.05) is 13.8 Å². The molecular weight excluding hydrogens is 297 g/mol. The van der Waals surface area contributed by atoms with Crippen LogP contribution in [0.5, 0.6) is 0 Å². The number of hydrogen-bond donors (Lipinski definition) is 3. The van der Waals surface area contributed by atoms with Crippen molar-refractivity contribution in [1.29, 1.82) is 0 Å². The summed E-state index contributed by atoms with van der Waals surface area (Å²) < 4.78 is 35.8. The Bertz CT molecular complexity index is 605. The van der Waals surface area contributed by atoms with E-state index < -0.39 is 15.8 Å². The van der Waals surface area contributed by atoms with Crippen molar-refractivity contribution in [3.05, 3.63) is 24.0 Å². The van der Waals surface area contributed by atoms with E-state index in [-0.39, 0.29) is 35.5 Å². The molecular formula is C13H20FN3O3S. The van der Waals surface area contributed by atoms with Gasteiger partial charge in [-0.2, -0.15) is 0 Å². The van der Waals surface area contributed by atoms with Crippen LogP contribution in [0.25, 0.3) is 0 Å². The molecule has 0 saturated carbocycles. The van der Waals surface area contributed by atoms with Crippen LogP contribution in [-0.4, -0.2) is 26.9 Å². The predicted molar refractivity (Wildman–Crippen MR) is 78.8 cm³/mol. The SMILES string of the molecule is CCC(C)NC(=O)CCNc1ccc(S(N)(=O)=O)cc1F. The largest absolute Gasteiger partial charge is 0.382 e. The number of carbonyl (C=O) groups excluding carboxylic acids is 1. The van der Waals surface area contributed by atoms with E-state index in [0.29, 0.717) is 0 Å². The molecule has 4 N–H and O–H groups in total. The Balaban J connectivity index is 2.55. The van der Waals surface area contributed by atoms with Crippen LogP contribution in [0.3, 0.4) is 0 Å². The Labute approximate surface area is 124 Å². The highest BCUT2D eigenvalue weighted by Gasteiger charge is 2.12. The van der Waals surface area contributed by atoms with Crippen molar-refractivity contribution >= 4 is 21.6 Å². The van der Waals surface area contributed by atoms with Gasteiger partial charge < -0.3 is 10.6 Å². The molecule has 8 heteroatoms. The van der Waals surface area contributed by atoms with Gasteiger partial charge in [0, 0.05) is 19.0 Å². The van der Waals surface area contributed by atoms with Crippen molar-refractivity contribution in [2.45, 2.75) is 37.6 Å². The Morgan fingerprint density at radius 2 is 2.10 bits per heavy atom. The fourth-order valence-corrected chi connectivity index (χ4v) is 2.10. The van der Waals surface area contributed by atoms with E-state index in [0.717, 1.165) is 12.5 Å². The normalized spacial score (nSPS) is 12.8. The standard InChI is InChI=1S/C13H20FN3O3S/c1-3-9(2)17-13(18)6-7-16-12-5-4-10(8-11(12)14)21(15,19)20/h4-5,8-9,16H,3,6-7H2,1-2H3,(H,17,18)(H2,15,19,20). The number of nitrogens with two attached hydrogens (primary N) is 1. The van der Waals surface area contributed by atoms with Gasteiger partial charge >= 0.3 is 0 Å². The molecule has 0 fully saturated rings. The highest BCUT2D eigenvalue weighted by atomic mass is 32.2. The molecule has 1 aromatic carbocycles. The van der Waals surface area contributed by atoms with Gasteiger partial charge in [0.2, 0.25) is 15.9 Å². The van der Waals surface area contributed by atoms with Crippen molar-refractivity contribution in [2.75, 3.05) is 11.9 Å². The molecule has 6 nitrogen and oxygen atoms in total. The molecule has 118 valence electrons. The van der Waals surface area contributed by atoms with E-state index in [9.17, 15) is 17.6 Å². The van der Waals surface area contributed by atoms with Gasteiger partial charge in [-0.1, -0.05) is 6.92 Å². The van der Waals surface area contributed by atoms with Gasteiger partial charge in [0.1, 0.15) is 5.82 Å². The number of nitrogens with one attached hydrogen (secondary N) is 2. The topological polar surface area (TPSA) is 101 Å². The molecule has 0 radical (unpaired) electrons. The third kappa shape index (κ3) is 5.68. The van der Waals surface area contributed by atoms with Crippen molar-refractivity contribution in [1.82, 2.24) is 5.32 Å². The summed E-state index contributed by atoms with van der Waals surface area (Å²) >= 11 is 0. The van der Waals surface area contributed by atoms with Gasteiger partial charge in [0.25, 0.3) is 0 Å². The molecule has 0 saturated heterocycles. The zero-order chi connectivity index (χ0) is 16.0. The highest BCUT2D eigenvalue weighted by molar-refractivity contribution is 7.89. The molecule has 0 aromatic heterocycles. The summed E-state index contributed by atoms with van der Waals surface area (Å²) in [5.74, 6) is -0.859. The summed E-state index contributed by atoms with van der Waals surface area (Å²) in [6.07, 6.45) is 1.03. The monoisotopic (exact) mass is 317 g/mol. The fourth-order valence-electron chi connectivity index (χ4n) is 1.58. The van der Waals surface area contributed by atoms with E-state index in [1.165, 1.54) is 12.1 Å². The number of hydrogen-bond acceptors (Lipinski definition) is 4. The van der Waals surface area contributed by atoms with Gasteiger partial charge in [-0.15, -0.1) is 0 Å². The predicted octanol–water partition coefficient (Wildman–Crippen LogP) is 1.19. The summed E-state index contributed by atoms with van der Waals surface area (Å²) in [7, 11) is -3.92. The lowest BCUT2D eigenvalue weighted by atomic mass is 10.2. The maximum atomic E-state index is 13.7. The smallest absolute Gasteiger partial charge is 0.238 e. The van der Waals surface area contributed by atoms with Crippen molar-refractivity contribution in [3.8, 4) is 0 Å². The summed E-state index contributed by atoms with van der Waals surface area (Å²) in [6, 6.07) is 3.43. The maximum Gasteiger partial charge on any atom is 0.238 e. The lowest BCUT2D eigenvalue weighted by molar-refractivity contribution is -0.121. The molecule has 0 aliphatic rings. The van der Waals surface area contributed by atoms with Gasteiger partial charge in [-0.25, -0.2) is 17.9 Å². The summed E-state index contributed by atoms with van der Waals surface area (Å²) in [5, 5.41) is 10.4. The van der Waals surface area contributed by atoms with Crippen molar-refractivity contribution < 1.29 is 17.6 Å². The number of benzene rings is 1. The van der Waals surface area contributed by atoms with Crippen molar-refractivity contribution in [2.24, 2.45) is 5.14 Å². The van der Waals surface area contributed by atoms with Crippen LogP contribution in [0, 0.1) is 5.82 Å². The van der Waals surface area contributed by atoms with Crippen LogP contribution < -0.4 is 15.8 Å². The molecule has 0 heterocycles. The Morgan fingerprint density at radius 3 is 2.62 bits per heavy atom.